The number of alkyl carbamates (subject to hydrolysis) is 1. The van der Waals surface area contributed by atoms with Gasteiger partial charge in [0.2, 0.25) is 0 Å². The van der Waals surface area contributed by atoms with E-state index in [0.29, 0.717) is 13.0 Å². The molecule has 2 amide bonds. The number of aliphatic hydroxyl groups is 1. The summed E-state index contributed by atoms with van der Waals surface area (Å²) in [7, 11) is 0. The highest BCUT2D eigenvalue weighted by Gasteiger charge is 2.34. The molecule has 7 nitrogen and oxygen atoms in total. The molecule has 118 valence electrons. The van der Waals surface area contributed by atoms with Crippen molar-refractivity contribution < 1.29 is 24.2 Å². The van der Waals surface area contributed by atoms with Gasteiger partial charge in [-0.15, -0.1) is 0 Å². The highest BCUT2D eigenvalue weighted by molar-refractivity contribution is 5.69. The Balaban J connectivity index is 2.42. The summed E-state index contributed by atoms with van der Waals surface area (Å²) >= 11 is 0. The molecular formula is C14H22N2O5. The van der Waals surface area contributed by atoms with Crippen LogP contribution in [-0.4, -0.2) is 60.6 Å². The molecule has 1 saturated heterocycles. The van der Waals surface area contributed by atoms with Gasteiger partial charge in [0.25, 0.3) is 0 Å². The van der Waals surface area contributed by atoms with E-state index in [2.05, 4.69) is 18.5 Å². The van der Waals surface area contributed by atoms with E-state index in [0.717, 1.165) is 6.42 Å². The number of carbonyl (C=O) groups is 2. The van der Waals surface area contributed by atoms with Crippen LogP contribution in [0, 0.1) is 0 Å². The zero-order chi connectivity index (χ0) is 15.7. The van der Waals surface area contributed by atoms with Gasteiger partial charge in [0.15, 0.2) is 0 Å². The van der Waals surface area contributed by atoms with Gasteiger partial charge in [-0.25, -0.2) is 9.59 Å². The monoisotopic (exact) mass is 298 g/mol. The maximum Gasteiger partial charge on any atom is 0.410 e. The first-order valence-corrected chi connectivity index (χ1v) is 6.84. The van der Waals surface area contributed by atoms with Crippen LogP contribution in [-0.2, 0) is 9.47 Å². The lowest BCUT2D eigenvalue weighted by Gasteiger charge is -2.27. The molecule has 1 heterocycles. The molecule has 1 aliphatic rings. The minimum atomic E-state index is -0.875. The van der Waals surface area contributed by atoms with Crippen LogP contribution in [0.3, 0.4) is 0 Å². The third-order valence-electron chi connectivity index (χ3n) is 3.09. The summed E-state index contributed by atoms with van der Waals surface area (Å²) in [6.07, 6.45) is 2.39. The fourth-order valence-electron chi connectivity index (χ4n) is 2.14. The first kappa shape index (κ1) is 17.0. The molecular weight excluding hydrogens is 276 g/mol. The average Bonchev–Trinajstić information content (AvgIpc) is 2.97. The zero-order valence-electron chi connectivity index (χ0n) is 12.0. The Morgan fingerprint density at radius 1 is 1.33 bits per heavy atom. The number of nitrogens with one attached hydrogen (secondary N) is 1. The Morgan fingerprint density at radius 3 is 2.67 bits per heavy atom. The fraction of sp³-hybridized carbons (Fsp3) is 0.571. The maximum absolute atomic E-state index is 11.8. The number of ether oxygens (including phenoxy) is 2. The van der Waals surface area contributed by atoms with Gasteiger partial charge in [0.1, 0.15) is 13.2 Å². The van der Waals surface area contributed by atoms with Gasteiger partial charge >= 0.3 is 12.2 Å². The van der Waals surface area contributed by atoms with Crippen molar-refractivity contribution in [2.75, 3.05) is 26.3 Å². The minimum Gasteiger partial charge on any atom is -0.445 e. The molecule has 1 aliphatic heterocycles. The number of aliphatic hydroxyl groups excluding tert-OH is 1. The van der Waals surface area contributed by atoms with Crippen molar-refractivity contribution in [3.05, 3.63) is 25.3 Å². The zero-order valence-corrected chi connectivity index (χ0v) is 12.0. The largest absolute Gasteiger partial charge is 0.445 e. The predicted octanol–water partition coefficient (Wildman–Crippen LogP) is 1.05. The highest BCUT2D eigenvalue weighted by Crippen LogP contribution is 2.21. The first-order chi connectivity index (χ1) is 10.1. The van der Waals surface area contributed by atoms with Crippen LogP contribution in [0.25, 0.3) is 0 Å². The number of carbonyl (C=O) groups excluding carboxylic acids is 2. The summed E-state index contributed by atoms with van der Waals surface area (Å²) < 4.78 is 9.71. The highest BCUT2D eigenvalue weighted by atomic mass is 16.6. The molecule has 2 atom stereocenters. The Labute approximate surface area is 124 Å². The van der Waals surface area contributed by atoms with Gasteiger partial charge in [0.05, 0.1) is 12.1 Å². The summed E-state index contributed by atoms with van der Waals surface area (Å²) in [5.74, 6) is 0. The number of hydrogen-bond donors (Lipinski definition) is 2. The van der Waals surface area contributed by atoms with Gasteiger partial charge < -0.3 is 24.8 Å². The van der Waals surface area contributed by atoms with E-state index in [1.807, 2.05) is 0 Å². The molecule has 1 fully saturated rings. The van der Waals surface area contributed by atoms with Crippen LogP contribution in [0.2, 0.25) is 0 Å². The van der Waals surface area contributed by atoms with Crippen molar-refractivity contribution in [2.45, 2.75) is 25.0 Å². The molecule has 21 heavy (non-hydrogen) atoms. The first-order valence-electron chi connectivity index (χ1n) is 6.84. The molecule has 0 aromatic rings. The predicted molar refractivity (Wildman–Crippen MR) is 76.8 cm³/mol. The van der Waals surface area contributed by atoms with E-state index in [-0.39, 0.29) is 25.8 Å². The number of amides is 2. The molecule has 0 bridgehead atoms. The molecule has 1 rings (SSSR count). The second-order valence-corrected chi connectivity index (χ2v) is 4.60. The van der Waals surface area contributed by atoms with Crippen LogP contribution in [0.5, 0.6) is 0 Å². The lowest BCUT2D eigenvalue weighted by atomic mass is 10.1. The molecule has 2 unspecified atom stereocenters. The lowest BCUT2D eigenvalue weighted by molar-refractivity contribution is 0.0546. The number of rotatable bonds is 7. The summed E-state index contributed by atoms with van der Waals surface area (Å²) in [6.45, 7) is 7.66. The average molecular weight is 298 g/mol. The van der Waals surface area contributed by atoms with E-state index in [1.165, 1.54) is 17.1 Å². The second-order valence-electron chi connectivity index (χ2n) is 4.60. The Morgan fingerprint density at radius 2 is 2.00 bits per heavy atom. The van der Waals surface area contributed by atoms with Crippen molar-refractivity contribution in [3.63, 3.8) is 0 Å². The van der Waals surface area contributed by atoms with Crippen LogP contribution >= 0.6 is 0 Å². The summed E-state index contributed by atoms with van der Waals surface area (Å²) in [5, 5.41) is 12.6. The van der Waals surface area contributed by atoms with Crippen molar-refractivity contribution in [1.82, 2.24) is 10.2 Å². The van der Waals surface area contributed by atoms with Crippen molar-refractivity contribution >= 4 is 12.2 Å². The van der Waals surface area contributed by atoms with E-state index < -0.39 is 18.3 Å². The summed E-state index contributed by atoms with van der Waals surface area (Å²) in [5.41, 5.74) is 0. The molecule has 0 radical (unpaired) electrons. The van der Waals surface area contributed by atoms with Gasteiger partial charge in [0, 0.05) is 13.1 Å². The quantitative estimate of drug-likeness (QED) is 0.686. The Bertz CT molecular complexity index is 386. The number of likely N-dealkylation sites (tertiary alicyclic amines) is 1. The third kappa shape index (κ3) is 5.47. The normalized spacial score (nSPS) is 18.7. The van der Waals surface area contributed by atoms with Crippen LogP contribution < -0.4 is 5.32 Å². The van der Waals surface area contributed by atoms with Crippen molar-refractivity contribution in [2.24, 2.45) is 0 Å². The Hall–Kier alpha value is -2.02. The third-order valence-corrected chi connectivity index (χ3v) is 3.09. The molecule has 0 saturated carbocycles. The lowest BCUT2D eigenvalue weighted by Crippen LogP contribution is -2.47. The minimum absolute atomic E-state index is 0.00583. The van der Waals surface area contributed by atoms with Crippen LogP contribution in [0.4, 0.5) is 9.59 Å². The number of hydrogen-bond acceptors (Lipinski definition) is 5. The van der Waals surface area contributed by atoms with Gasteiger partial charge in [-0.2, -0.15) is 0 Å². The van der Waals surface area contributed by atoms with E-state index in [9.17, 15) is 14.7 Å². The van der Waals surface area contributed by atoms with E-state index in [1.54, 1.807) is 0 Å². The SMILES string of the molecule is C=CCOC(=O)NCC(O)C1CCCN1C(=O)OCC=C. The standard InChI is InChI=1S/C14H22N2O5/c1-3-8-20-13(18)15-10-12(17)11-6-5-7-16(11)14(19)21-9-4-2/h3-4,11-12,17H,1-2,5-10H2,(H,15,18). The molecule has 0 aromatic carbocycles. The van der Waals surface area contributed by atoms with E-state index >= 15 is 0 Å². The topological polar surface area (TPSA) is 88.1 Å². The summed E-state index contributed by atoms with van der Waals surface area (Å²) in [4.78, 5) is 24.6. The Kier molecular flexibility index (Phi) is 7.31. The molecule has 0 aromatic heterocycles. The second kappa shape index (κ2) is 9.02. The molecule has 0 aliphatic carbocycles. The van der Waals surface area contributed by atoms with Crippen LogP contribution in [0.15, 0.2) is 25.3 Å². The molecule has 7 heteroatoms. The molecule has 2 N–H and O–H groups in total. The fourth-order valence-corrected chi connectivity index (χ4v) is 2.14. The maximum atomic E-state index is 11.8. The smallest absolute Gasteiger partial charge is 0.410 e. The van der Waals surface area contributed by atoms with Gasteiger partial charge in [-0.3, -0.25) is 0 Å². The number of nitrogens with zero attached hydrogens (tertiary/aromatic N) is 1. The van der Waals surface area contributed by atoms with Crippen LogP contribution in [0.1, 0.15) is 12.8 Å². The van der Waals surface area contributed by atoms with Crippen molar-refractivity contribution in [1.29, 1.82) is 0 Å². The van der Waals surface area contributed by atoms with E-state index in [4.69, 9.17) is 9.47 Å². The molecule has 0 spiro atoms. The van der Waals surface area contributed by atoms with Gasteiger partial charge in [-0.1, -0.05) is 25.3 Å². The van der Waals surface area contributed by atoms with Crippen molar-refractivity contribution in [3.8, 4) is 0 Å². The van der Waals surface area contributed by atoms with Gasteiger partial charge in [-0.05, 0) is 12.8 Å². The summed E-state index contributed by atoms with van der Waals surface area (Å²) in [6, 6.07) is -0.373.